The predicted molar refractivity (Wildman–Crippen MR) is 78.3 cm³/mol. The zero-order valence-corrected chi connectivity index (χ0v) is 11.6. The van der Waals surface area contributed by atoms with Crippen LogP contribution in [0.25, 0.3) is 0 Å². The predicted octanol–water partition coefficient (Wildman–Crippen LogP) is 2.79. The highest BCUT2D eigenvalue weighted by atomic mass is 32.2. The van der Waals surface area contributed by atoms with Gasteiger partial charge in [-0.2, -0.15) is 5.26 Å². The third-order valence-corrected chi connectivity index (χ3v) is 3.57. The van der Waals surface area contributed by atoms with Crippen molar-refractivity contribution < 1.29 is 4.79 Å². The zero-order chi connectivity index (χ0) is 14.2. The van der Waals surface area contributed by atoms with Gasteiger partial charge >= 0.3 is 0 Å². The van der Waals surface area contributed by atoms with Crippen molar-refractivity contribution in [2.45, 2.75) is 18.0 Å². The van der Waals surface area contributed by atoms with Crippen LogP contribution in [0.2, 0.25) is 0 Å². The Hall–Kier alpha value is -2.26. The number of benzene rings is 1. The number of carbonyl (C=O) groups is 1. The van der Waals surface area contributed by atoms with E-state index >= 15 is 0 Å². The first-order chi connectivity index (χ1) is 9.79. The van der Waals surface area contributed by atoms with Gasteiger partial charge in [-0.1, -0.05) is 23.9 Å². The lowest BCUT2D eigenvalue weighted by atomic mass is 10.2. The van der Waals surface area contributed by atoms with E-state index in [1.807, 2.05) is 0 Å². The number of H-pyrrole nitrogens is 1. The minimum absolute atomic E-state index is 0.0762. The molecule has 1 heterocycles. The quantitative estimate of drug-likeness (QED) is 0.632. The molecule has 1 aromatic heterocycles. The van der Waals surface area contributed by atoms with Gasteiger partial charge in [-0.15, -0.1) is 0 Å². The molecule has 102 valence electrons. The van der Waals surface area contributed by atoms with Gasteiger partial charge in [0.05, 0.1) is 11.3 Å². The third-order valence-electron chi connectivity index (χ3n) is 2.58. The molecule has 2 rings (SSSR count). The first kappa shape index (κ1) is 14.2. The van der Waals surface area contributed by atoms with Gasteiger partial charge in [0.15, 0.2) is 5.16 Å². The van der Waals surface area contributed by atoms with Crippen molar-refractivity contribution >= 4 is 23.4 Å². The van der Waals surface area contributed by atoms with Gasteiger partial charge in [0.25, 0.3) is 0 Å². The Morgan fingerprint density at radius 2 is 2.30 bits per heavy atom. The van der Waals surface area contributed by atoms with Crippen LogP contribution in [0.4, 0.5) is 5.69 Å². The number of anilines is 1. The second kappa shape index (κ2) is 7.36. The first-order valence-corrected chi connectivity index (χ1v) is 7.19. The molecule has 1 aromatic carbocycles. The summed E-state index contributed by atoms with van der Waals surface area (Å²) in [6, 6.07) is 9.04. The average Bonchev–Trinajstić information content (AvgIpc) is 2.97. The van der Waals surface area contributed by atoms with Gasteiger partial charge in [-0.3, -0.25) is 4.79 Å². The van der Waals surface area contributed by atoms with Crippen molar-refractivity contribution in [2.75, 3.05) is 11.1 Å². The molecule has 0 atom stereocenters. The number of hydrogen-bond acceptors (Lipinski definition) is 4. The van der Waals surface area contributed by atoms with E-state index in [4.69, 9.17) is 5.26 Å². The minimum Gasteiger partial charge on any atom is -0.340 e. The van der Waals surface area contributed by atoms with Crippen LogP contribution in [0.1, 0.15) is 18.4 Å². The zero-order valence-electron chi connectivity index (χ0n) is 10.8. The first-order valence-electron chi connectivity index (χ1n) is 6.21. The standard InChI is InChI=1S/C14H14N4OS/c15-10-11-4-1-2-5-12(11)18-13(19)6-3-9-20-14-16-7-8-17-14/h1-2,4-5,7-8H,3,6,9H2,(H,16,17)(H,18,19). The fraction of sp³-hybridized carbons (Fsp3) is 0.214. The molecule has 0 bridgehead atoms. The number of nitrogens with one attached hydrogen (secondary N) is 2. The molecule has 2 N–H and O–H groups in total. The third kappa shape index (κ3) is 4.14. The molecule has 0 radical (unpaired) electrons. The van der Waals surface area contributed by atoms with Gasteiger partial charge in [0, 0.05) is 24.6 Å². The molecule has 0 saturated heterocycles. The summed E-state index contributed by atoms with van der Waals surface area (Å²) in [5.74, 6) is 0.744. The average molecular weight is 286 g/mol. The number of nitrogens with zero attached hydrogens (tertiary/aromatic N) is 2. The molecule has 0 aliphatic rings. The number of para-hydroxylation sites is 1. The SMILES string of the molecule is N#Cc1ccccc1NC(=O)CCCSc1ncc[nH]1. The second-order valence-electron chi connectivity index (χ2n) is 4.05. The normalized spacial score (nSPS) is 9.95. The van der Waals surface area contributed by atoms with E-state index in [2.05, 4.69) is 21.4 Å². The van der Waals surface area contributed by atoms with Gasteiger partial charge in [-0.25, -0.2) is 4.98 Å². The van der Waals surface area contributed by atoms with E-state index < -0.39 is 0 Å². The number of nitriles is 1. The van der Waals surface area contributed by atoms with Gasteiger partial charge in [-0.05, 0) is 18.6 Å². The van der Waals surface area contributed by atoms with Gasteiger partial charge < -0.3 is 10.3 Å². The fourth-order valence-corrected chi connectivity index (χ4v) is 2.40. The lowest BCUT2D eigenvalue weighted by Gasteiger charge is -2.06. The van der Waals surface area contributed by atoms with Crippen LogP contribution in [-0.2, 0) is 4.79 Å². The summed E-state index contributed by atoms with van der Waals surface area (Å²) in [6.07, 6.45) is 4.65. The molecule has 0 saturated carbocycles. The maximum Gasteiger partial charge on any atom is 0.224 e. The molecule has 0 aliphatic heterocycles. The van der Waals surface area contributed by atoms with E-state index in [1.54, 1.807) is 48.4 Å². The molecule has 0 aliphatic carbocycles. The van der Waals surface area contributed by atoms with Gasteiger partial charge in [0.1, 0.15) is 6.07 Å². The van der Waals surface area contributed by atoms with Crippen LogP contribution in [0.5, 0.6) is 0 Å². The molecule has 0 unspecified atom stereocenters. The Kier molecular flexibility index (Phi) is 5.21. The summed E-state index contributed by atoms with van der Waals surface area (Å²) < 4.78 is 0. The summed E-state index contributed by atoms with van der Waals surface area (Å²) in [6.45, 7) is 0. The molecule has 1 amide bonds. The number of imidazole rings is 1. The van der Waals surface area contributed by atoms with Crippen LogP contribution in [-0.4, -0.2) is 21.6 Å². The highest BCUT2D eigenvalue weighted by molar-refractivity contribution is 7.99. The van der Waals surface area contributed by atoms with Gasteiger partial charge in [0.2, 0.25) is 5.91 Å². The molecule has 0 fully saturated rings. The van der Waals surface area contributed by atoms with E-state index in [0.717, 1.165) is 17.3 Å². The summed E-state index contributed by atoms with van der Waals surface area (Å²) in [5.41, 5.74) is 1.05. The number of thioether (sulfide) groups is 1. The lowest BCUT2D eigenvalue weighted by Crippen LogP contribution is -2.12. The number of amides is 1. The van der Waals surface area contributed by atoms with Crippen molar-refractivity contribution in [1.82, 2.24) is 9.97 Å². The smallest absolute Gasteiger partial charge is 0.224 e. The Labute approximate surface area is 121 Å². The van der Waals surface area contributed by atoms with E-state index in [-0.39, 0.29) is 5.91 Å². The fourth-order valence-electron chi connectivity index (χ4n) is 1.63. The van der Waals surface area contributed by atoms with Crippen molar-refractivity contribution in [3.63, 3.8) is 0 Å². The topological polar surface area (TPSA) is 81.6 Å². The largest absolute Gasteiger partial charge is 0.340 e. The Morgan fingerprint density at radius 1 is 1.45 bits per heavy atom. The molecular weight excluding hydrogens is 272 g/mol. The highest BCUT2D eigenvalue weighted by Gasteiger charge is 2.06. The van der Waals surface area contributed by atoms with Crippen molar-refractivity contribution in [2.24, 2.45) is 0 Å². The van der Waals surface area contributed by atoms with E-state index in [0.29, 0.717) is 17.7 Å². The van der Waals surface area contributed by atoms with Crippen molar-refractivity contribution in [3.8, 4) is 6.07 Å². The Bertz CT molecular complexity index is 604. The van der Waals surface area contributed by atoms with Crippen molar-refractivity contribution in [1.29, 1.82) is 5.26 Å². The second-order valence-corrected chi connectivity index (χ2v) is 5.14. The molecule has 20 heavy (non-hydrogen) atoms. The number of rotatable bonds is 6. The van der Waals surface area contributed by atoms with Crippen LogP contribution in [0.15, 0.2) is 41.8 Å². The van der Waals surface area contributed by atoms with Crippen molar-refractivity contribution in [3.05, 3.63) is 42.2 Å². The molecule has 6 heteroatoms. The Morgan fingerprint density at radius 3 is 3.05 bits per heavy atom. The summed E-state index contributed by atoms with van der Waals surface area (Å²) in [5, 5.41) is 12.6. The lowest BCUT2D eigenvalue weighted by molar-refractivity contribution is -0.116. The van der Waals surface area contributed by atoms with Crippen LogP contribution >= 0.6 is 11.8 Å². The van der Waals surface area contributed by atoms with Crippen LogP contribution < -0.4 is 5.32 Å². The number of aromatic nitrogens is 2. The van der Waals surface area contributed by atoms with Crippen LogP contribution in [0.3, 0.4) is 0 Å². The molecule has 5 nitrogen and oxygen atoms in total. The molecular formula is C14H14N4OS. The summed E-state index contributed by atoms with van der Waals surface area (Å²) in [4.78, 5) is 18.9. The highest BCUT2D eigenvalue weighted by Crippen LogP contribution is 2.16. The Balaban J connectivity index is 1.74. The summed E-state index contributed by atoms with van der Waals surface area (Å²) >= 11 is 1.58. The minimum atomic E-state index is -0.0762. The molecule has 2 aromatic rings. The summed E-state index contributed by atoms with van der Waals surface area (Å²) in [7, 11) is 0. The van der Waals surface area contributed by atoms with E-state index in [1.165, 1.54) is 0 Å². The maximum atomic E-state index is 11.8. The number of aromatic amines is 1. The number of hydrogen-bond donors (Lipinski definition) is 2. The molecule has 0 spiro atoms. The number of carbonyl (C=O) groups excluding carboxylic acids is 1. The van der Waals surface area contributed by atoms with E-state index in [9.17, 15) is 4.79 Å². The van der Waals surface area contributed by atoms with Crippen LogP contribution in [0, 0.1) is 11.3 Å². The monoisotopic (exact) mass is 286 g/mol. The maximum absolute atomic E-state index is 11.8.